The molecule has 0 saturated heterocycles. The first-order valence-corrected chi connectivity index (χ1v) is 7.11. The summed E-state index contributed by atoms with van der Waals surface area (Å²) >= 11 is 0. The number of nitrogens with two attached hydrogens (primary N) is 1. The predicted octanol–water partition coefficient (Wildman–Crippen LogP) is 2.11. The fourth-order valence-corrected chi connectivity index (χ4v) is 1.41. The van der Waals surface area contributed by atoms with Gasteiger partial charge >= 0.3 is 0 Å². The molecule has 20 heavy (non-hydrogen) atoms. The molecule has 0 radical (unpaired) electrons. The summed E-state index contributed by atoms with van der Waals surface area (Å²) in [5, 5.41) is 6.44. The highest BCUT2D eigenvalue weighted by Gasteiger charge is 2.24. The predicted molar refractivity (Wildman–Crippen MR) is 96.4 cm³/mol. The van der Waals surface area contributed by atoms with E-state index >= 15 is 0 Å². The lowest BCUT2D eigenvalue weighted by molar-refractivity contribution is -0.125. The first kappa shape index (κ1) is 21.8. The van der Waals surface area contributed by atoms with Crippen LogP contribution < -0.4 is 16.4 Å². The van der Waals surface area contributed by atoms with Crippen molar-refractivity contribution in [1.29, 1.82) is 0 Å². The van der Waals surface area contributed by atoms with Crippen molar-refractivity contribution in [2.75, 3.05) is 19.6 Å². The zero-order chi connectivity index (χ0) is 14.9. The zero-order valence-electron chi connectivity index (χ0n) is 13.5. The fourth-order valence-electron chi connectivity index (χ4n) is 1.41. The standard InChI is InChI=1S/C14H30N4O.HI/c1-6-16-13(17-9-7-8-11(2)3)18-10-14(4,5)12(15)19;/h11H,6-10H2,1-5H3,(H2,15,19)(H2,16,17,18);1H. The molecule has 0 aromatic heterocycles. The number of hydrogen-bond donors (Lipinski definition) is 3. The van der Waals surface area contributed by atoms with Crippen molar-refractivity contribution in [3.63, 3.8) is 0 Å². The number of nitrogens with one attached hydrogen (secondary N) is 2. The van der Waals surface area contributed by atoms with E-state index in [1.54, 1.807) is 13.8 Å². The molecule has 0 aliphatic carbocycles. The summed E-state index contributed by atoms with van der Waals surface area (Å²) in [5.74, 6) is 1.14. The third-order valence-electron chi connectivity index (χ3n) is 2.89. The van der Waals surface area contributed by atoms with Gasteiger partial charge in [0.15, 0.2) is 5.96 Å². The molecular weight excluding hydrogens is 367 g/mol. The number of nitrogens with zero attached hydrogens (tertiary/aromatic N) is 1. The van der Waals surface area contributed by atoms with Crippen molar-refractivity contribution in [2.45, 2.75) is 47.5 Å². The summed E-state index contributed by atoms with van der Waals surface area (Å²) in [4.78, 5) is 15.7. The number of hydrogen-bond acceptors (Lipinski definition) is 2. The average Bonchev–Trinajstić information content (AvgIpc) is 2.31. The minimum Gasteiger partial charge on any atom is -0.369 e. The molecule has 0 aliphatic heterocycles. The Labute approximate surface area is 140 Å². The average molecular weight is 398 g/mol. The highest BCUT2D eigenvalue weighted by molar-refractivity contribution is 14.0. The molecule has 0 atom stereocenters. The maximum atomic E-state index is 11.2. The van der Waals surface area contributed by atoms with E-state index in [4.69, 9.17) is 5.73 Å². The SMILES string of the molecule is CCNC(=NCC(C)(C)C(N)=O)NCCCC(C)C.I. The fraction of sp³-hybridized carbons (Fsp3) is 0.857. The molecule has 0 saturated carbocycles. The van der Waals surface area contributed by atoms with E-state index in [-0.39, 0.29) is 29.9 Å². The Morgan fingerprint density at radius 1 is 1.30 bits per heavy atom. The molecule has 0 fully saturated rings. The number of halogens is 1. The van der Waals surface area contributed by atoms with Crippen molar-refractivity contribution < 1.29 is 4.79 Å². The van der Waals surface area contributed by atoms with Crippen molar-refractivity contribution in [3.8, 4) is 0 Å². The molecule has 0 unspecified atom stereocenters. The lowest BCUT2D eigenvalue weighted by Crippen LogP contribution is -2.40. The zero-order valence-corrected chi connectivity index (χ0v) is 15.8. The van der Waals surface area contributed by atoms with Gasteiger partial charge < -0.3 is 16.4 Å². The van der Waals surface area contributed by atoms with Crippen LogP contribution >= 0.6 is 24.0 Å². The molecule has 5 nitrogen and oxygen atoms in total. The van der Waals surface area contributed by atoms with Crippen LogP contribution in [0, 0.1) is 11.3 Å². The van der Waals surface area contributed by atoms with Gasteiger partial charge in [0, 0.05) is 13.1 Å². The number of carbonyl (C=O) groups is 1. The Morgan fingerprint density at radius 2 is 1.90 bits per heavy atom. The van der Waals surface area contributed by atoms with Gasteiger partial charge in [0.05, 0.1) is 12.0 Å². The van der Waals surface area contributed by atoms with Crippen molar-refractivity contribution in [1.82, 2.24) is 10.6 Å². The molecule has 0 aliphatic rings. The van der Waals surface area contributed by atoms with Crippen molar-refractivity contribution in [3.05, 3.63) is 0 Å². The first-order valence-electron chi connectivity index (χ1n) is 7.11. The maximum absolute atomic E-state index is 11.2. The minimum atomic E-state index is -0.611. The van der Waals surface area contributed by atoms with E-state index in [2.05, 4.69) is 29.5 Å². The van der Waals surface area contributed by atoms with Gasteiger partial charge in [0.25, 0.3) is 0 Å². The molecular formula is C14H31IN4O. The van der Waals surface area contributed by atoms with Crippen LogP contribution in [0.3, 0.4) is 0 Å². The Balaban J connectivity index is 0. The number of amides is 1. The monoisotopic (exact) mass is 398 g/mol. The van der Waals surface area contributed by atoms with Gasteiger partial charge in [0.1, 0.15) is 0 Å². The summed E-state index contributed by atoms with van der Waals surface area (Å²) < 4.78 is 0. The second-order valence-electron chi connectivity index (χ2n) is 5.91. The van der Waals surface area contributed by atoms with E-state index in [0.29, 0.717) is 6.54 Å². The highest BCUT2D eigenvalue weighted by atomic mass is 127. The van der Waals surface area contributed by atoms with Gasteiger partial charge in [-0.3, -0.25) is 9.79 Å². The first-order chi connectivity index (χ1) is 8.79. The number of rotatable bonds is 8. The quantitative estimate of drug-likeness (QED) is 0.254. The van der Waals surface area contributed by atoms with Gasteiger partial charge in [-0.25, -0.2) is 0 Å². The number of carbonyl (C=O) groups excluding carboxylic acids is 1. The summed E-state index contributed by atoms with van der Waals surface area (Å²) in [5.41, 5.74) is 4.73. The normalized spacial score (nSPS) is 12.0. The Bertz CT molecular complexity index is 304. The van der Waals surface area contributed by atoms with Crippen LogP contribution in [-0.2, 0) is 4.79 Å². The van der Waals surface area contributed by atoms with Crippen LogP contribution in [0.5, 0.6) is 0 Å². The van der Waals surface area contributed by atoms with Gasteiger partial charge in [-0.05, 0) is 39.5 Å². The number of primary amides is 1. The number of aliphatic imine (C=N–C) groups is 1. The molecule has 1 amide bonds. The topological polar surface area (TPSA) is 79.5 Å². The summed E-state index contributed by atoms with van der Waals surface area (Å²) in [7, 11) is 0. The van der Waals surface area contributed by atoms with E-state index in [1.807, 2.05) is 6.92 Å². The number of guanidine groups is 1. The molecule has 6 heteroatoms. The van der Waals surface area contributed by atoms with Crippen LogP contribution in [0.4, 0.5) is 0 Å². The Morgan fingerprint density at radius 3 is 2.35 bits per heavy atom. The van der Waals surface area contributed by atoms with Crippen LogP contribution in [0.15, 0.2) is 4.99 Å². The molecule has 120 valence electrons. The second kappa shape index (κ2) is 11.2. The maximum Gasteiger partial charge on any atom is 0.224 e. The smallest absolute Gasteiger partial charge is 0.224 e. The van der Waals surface area contributed by atoms with Crippen LogP contribution in [0.2, 0.25) is 0 Å². The van der Waals surface area contributed by atoms with E-state index < -0.39 is 5.41 Å². The lowest BCUT2D eigenvalue weighted by atomic mass is 9.93. The Kier molecular flexibility index (Phi) is 12.1. The molecule has 0 bridgehead atoms. The lowest BCUT2D eigenvalue weighted by Gasteiger charge is -2.19. The van der Waals surface area contributed by atoms with E-state index in [1.165, 1.54) is 6.42 Å². The van der Waals surface area contributed by atoms with Gasteiger partial charge in [-0.15, -0.1) is 24.0 Å². The van der Waals surface area contributed by atoms with Crippen molar-refractivity contribution >= 4 is 35.8 Å². The molecule has 4 N–H and O–H groups in total. The second-order valence-corrected chi connectivity index (χ2v) is 5.91. The molecule has 0 aromatic carbocycles. The van der Waals surface area contributed by atoms with E-state index in [9.17, 15) is 4.79 Å². The Hall–Kier alpha value is -0.530. The third kappa shape index (κ3) is 10.3. The molecule has 0 spiro atoms. The summed E-state index contributed by atoms with van der Waals surface area (Å²) in [6.07, 6.45) is 2.31. The van der Waals surface area contributed by atoms with Crippen LogP contribution in [0.1, 0.15) is 47.5 Å². The van der Waals surface area contributed by atoms with Crippen LogP contribution in [0.25, 0.3) is 0 Å². The largest absolute Gasteiger partial charge is 0.369 e. The highest BCUT2D eigenvalue weighted by Crippen LogP contribution is 2.13. The van der Waals surface area contributed by atoms with Gasteiger partial charge in [-0.1, -0.05) is 13.8 Å². The minimum absolute atomic E-state index is 0. The van der Waals surface area contributed by atoms with Crippen LogP contribution in [-0.4, -0.2) is 31.5 Å². The molecule has 0 aromatic rings. The summed E-state index contributed by atoms with van der Waals surface area (Å²) in [6.45, 7) is 12.1. The van der Waals surface area contributed by atoms with Crippen molar-refractivity contribution in [2.24, 2.45) is 22.1 Å². The summed E-state index contributed by atoms with van der Waals surface area (Å²) in [6, 6.07) is 0. The third-order valence-corrected chi connectivity index (χ3v) is 2.89. The molecule has 0 heterocycles. The molecule has 0 rings (SSSR count). The van der Waals surface area contributed by atoms with Gasteiger partial charge in [0.2, 0.25) is 5.91 Å². The van der Waals surface area contributed by atoms with Gasteiger partial charge in [-0.2, -0.15) is 0 Å². The van der Waals surface area contributed by atoms with E-state index in [0.717, 1.165) is 31.4 Å².